The second-order valence-electron chi connectivity index (χ2n) is 4.73. The highest BCUT2D eigenvalue weighted by atomic mass is 35.5. The SMILES string of the molecule is Cc1ccc(OCC(C)NC(=O)c2cncc(Cl)n2)cc1. The van der Waals surface area contributed by atoms with Crippen LogP contribution in [0.5, 0.6) is 5.75 Å². The lowest BCUT2D eigenvalue weighted by atomic mass is 10.2. The van der Waals surface area contributed by atoms with Crippen molar-refractivity contribution in [3.63, 3.8) is 0 Å². The Hall–Kier alpha value is -2.14. The van der Waals surface area contributed by atoms with Crippen molar-refractivity contribution in [2.75, 3.05) is 6.61 Å². The highest BCUT2D eigenvalue weighted by Crippen LogP contribution is 2.11. The highest BCUT2D eigenvalue weighted by Gasteiger charge is 2.12. The number of halogens is 1. The number of nitrogens with zero attached hydrogens (tertiary/aromatic N) is 2. The molecule has 1 atom stereocenters. The number of amides is 1. The topological polar surface area (TPSA) is 64.1 Å². The van der Waals surface area contributed by atoms with Crippen molar-refractivity contribution >= 4 is 17.5 Å². The number of hydrogen-bond donors (Lipinski definition) is 1. The summed E-state index contributed by atoms with van der Waals surface area (Å²) in [6.45, 7) is 4.23. The first-order chi connectivity index (χ1) is 10.0. The molecule has 1 aromatic carbocycles. The predicted molar refractivity (Wildman–Crippen MR) is 80.6 cm³/mol. The van der Waals surface area contributed by atoms with Gasteiger partial charge in [0, 0.05) is 0 Å². The summed E-state index contributed by atoms with van der Waals surface area (Å²) in [5.74, 6) is 0.439. The quantitative estimate of drug-likeness (QED) is 0.922. The Morgan fingerprint density at radius 1 is 1.33 bits per heavy atom. The van der Waals surface area contributed by atoms with Crippen LogP contribution in [0.1, 0.15) is 23.0 Å². The van der Waals surface area contributed by atoms with Gasteiger partial charge in [-0.05, 0) is 26.0 Å². The van der Waals surface area contributed by atoms with E-state index in [1.54, 1.807) is 0 Å². The number of ether oxygens (including phenoxy) is 1. The Morgan fingerprint density at radius 2 is 2.05 bits per heavy atom. The summed E-state index contributed by atoms with van der Waals surface area (Å²) in [6, 6.07) is 7.57. The van der Waals surface area contributed by atoms with Crippen molar-refractivity contribution in [1.29, 1.82) is 0 Å². The fourth-order valence-electron chi connectivity index (χ4n) is 1.65. The Labute approximate surface area is 128 Å². The summed E-state index contributed by atoms with van der Waals surface area (Å²) in [5, 5.41) is 2.97. The zero-order chi connectivity index (χ0) is 15.2. The third kappa shape index (κ3) is 4.72. The highest BCUT2D eigenvalue weighted by molar-refractivity contribution is 6.29. The van der Waals surface area contributed by atoms with Crippen LogP contribution in [0.4, 0.5) is 0 Å². The van der Waals surface area contributed by atoms with Crippen LogP contribution in [0.15, 0.2) is 36.7 Å². The number of carbonyl (C=O) groups excluding carboxylic acids is 1. The van der Waals surface area contributed by atoms with Gasteiger partial charge in [0.15, 0.2) is 0 Å². The minimum atomic E-state index is -0.329. The maximum atomic E-state index is 11.9. The molecule has 0 saturated heterocycles. The molecule has 0 radical (unpaired) electrons. The molecular weight excluding hydrogens is 290 g/mol. The number of nitrogens with one attached hydrogen (secondary N) is 1. The van der Waals surface area contributed by atoms with Crippen LogP contribution in [0, 0.1) is 6.92 Å². The average Bonchev–Trinajstić information content (AvgIpc) is 2.46. The zero-order valence-electron chi connectivity index (χ0n) is 11.8. The first-order valence-electron chi connectivity index (χ1n) is 6.52. The van der Waals surface area contributed by atoms with Gasteiger partial charge >= 0.3 is 0 Å². The van der Waals surface area contributed by atoms with Crippen LogP contribution >= 0.6 is 11.6 Å². The second-order valence-corrected chi connectivity index (χ2v) is 5.11. The fraction of sp³-hybridized carbons (Fsp3) is 0.267. The van der Waals surface area contributed by atoms with E-state index in [9.17, 15) is 4.79 Å². The maximum Gasteiger partial charge on any atom is 0.271 e. The average molecular weight is 306 g/mol. The normalized spacial score (nSPS) is 11.8. The molecule has 1 heterocycles. The number of hydrogen-bond acceptors (Lipinski definition) is 4. The molecule has 0 bridgehead atoms. The lowest BCUT2D eigenvalue weighted by Crippen LogP contribution is -2.37. The van der Waals surface area contributed by atoms with E-state index in [2.05, 4.69) is 15.3 Å². The summed E-state index contributed by atoms with van der Waals surface area (Å²) in [7, 11) is 0. The Kier molecular flexibility index (Phi) is 5.11. The molecule has 0 fully saturated rings. The van der Waals surface area contributed by atoms with Gasteiger partial charge in [-0.25, -0.2) is 4.98 Å². The molecule has 1 unspecified atom stereocenters. The van der Waals surface area contributed by atoms with Gasteiger partial charge < -0.3 is 10.1 Å². The van der Waals surface area contributed by atoms with Crippen molar-refractivity contribution < 1.29 is 9.53 Å². The lowest BCUT2D eigenvalue weighted by Gasteiger charge is -2.14. The number of carbonyl (C=O) groups is 1. The van der Waals surface area contributed by atoms with Crippen molar-refractivity contribution in [3.8, 4) is 5.75 Å². The standard InChI is InChI=1S/C15H16ClN3O2/c1-10-3-5-12(6-4-10)21-9-11(2)18-15(20)13-7-17-8-14(16)19-13/h3-8,11H,9H2,1-2H3,(H,18,20). The molecule has 0 spiro atoms. The van der Waals surface area contributed by atoms with Crippen LogP contribution in [0.2, 0.25) is 5.15 Å². The van der Waals surface area contributed by atoms with Gasteiger partial charge in [0.25, 0.3) is 5.91 Å². The van der Waals surface area contributed by atoms with Gasteiger partial charge in [-0.15, -0.1) is 0 Å². The van der Waals surface area contributed by atoms with Crippen LogP contribution in [-0.4, -0.2) is 28.5 Å². The molecule has 0 aliphatic rings. The summed E-state index contributed by atoms with van der Waals surface area (Å²) < 4.78 is 5.61. The molecule has 0 aliphatic heterocycles. The summed E-state index contributed by atoms with van der Waals surface area (Å²) in [5.41, 5.74) is 1.35. The fourth-order valence-corrected chi connectivity index (χ4v) is 1.79. The number of benzene rings is 1. The van der Waals surface area contributed by atoms with Crippen molar-refractivity contribution in [2.24, 2.45) is 0 Å². The molecule has 21 heavy (non-hydrogen) atoms. The van der Waals surface area contributed by atoms with Gasteiger partial charge in [-0.3, -0.25) is 9.78 Å². The van der Waals surface area contributed by atoms with Crippen LogP contribution in [0.3, 0.4) is 0 Å². The molecular formula is C15H16ClN3O2. The first-order valence-corrected chi connectivity index (χ1v) is 6.90. The summed E-state index contributed by atoms with van der Waals surface area (Å²) >= 11 is 5.70. The second kappa shape index (κ2) is 7.04. The molecule has 1 N–H and O–H groups in total. The molecule has 6 heteroatoms. The van der Waals surface area contributed by atoms with E-state index in [-0.39, 0.29) is 22.8 Å². The molecule has 110 valence electrons. The number of rotatable bonds is 5. The molecule has 0 saturated carbocycles. The van der Waals surface area contributed by atoms with Crippen molar-refractivity contribution in [1.82, 2.24) is 15.3 Å². The van der Waals surface area contributed by atoms with Crippen molar-refractivity contribution in [2.45, 2.75) is 19.9 Å². The van der Waals surface area contributed by atoms with E-state index in [1.807, 2.05) is 38.1 Å². The van der Waals surface area contributed by atoms with Gasteiger partial charge in [0.1, 0.15) is 23.2 Å². The molecule has 2 rings (SSSR count). The number of aryl methyl sites for hydroxylation is 1. The minimum absolute atomic E-state index is 0.167. The minimum Gasteiger partial charge on any atom is -0.491 e. The third-order valence-corrected chi connectivity index (χ3v) is 2.92. The largest absolute Gasteiger partial charge is 0.491 e. The molecule has 0 aliphatic carbocycles. The van der Waals surface area contributed by atoms with E-state index in [4.69, 9.17) is 16.3 Å². The van der Waals surface area contributed by atoms with E-state index in [0.29, 0.717) is 6.61 Å². The van der Waals surface area contributed by atoms with E-state index in [0.717, 1.165) is 5.75 Å². The lowest BCUT2D eigenvalue weighted by molar-refractivity contribution is 0.0921. The Balaban J connectivity index is 1.85. The zero-order valence-corrected chi connectivity index (χ0v) is 12.6. The van der Waals surface area contributed by atoms with E-state index < -0.39 is 0 Å². The molecule has 2 aromatic rings. The van der Waals surface area contributed by atoms with E-state index >= 15 is 0 Å². The predicted octanol–water partition coefficient (Wildman–Crippen LogP) is 2.64. The van der Waals surface area contributed by atoms with Gasteiger partial charge in [0.05, 0.1) is 18.4 Å². The number of aromatic nitrogens is 2. The summed E-state index contributed by atoms with van der Waals surface area (Å²) in [4.78, 5) is 19.7. The Morgan fingerprint density at radius 3 is 2.71 bits per heavy atom. The summed E-state index contributed by atoms with van der Waals surface area (Å²) in [6.07, 6.45) is 2.75. The maximum absolute atomic E-state index is 11.9. The van der Waals surface area contributed by atoms with Gasteiger partial charge in [0.2, 0.25) is 0 Å². The van der Waals surface area contributed by atoms with Crippen LogP contribution < -0.4 is 10.1 Å². The molecule has 1 aromatic heterocycles. The molecule has 1 amide bonds. The smallest absolute Gasteiger partial charge is 0.271 e. The molecule has 5 nitrogen and oxygen atoms in total. The van der Waals surface area contributed by atoms with Gasteiger partial charge in [-0.2, -0.15) is 0 Å². The van der Waals surface area contributed by atoms with Crippen LogP contribution in [0.25, 0.3) is 0 Å². The third-order valence-electron chi connectivity index (χ3n) is 2.74. The Bertz CT molecular complexity index is 617. The van der Waals surface area contributed by atoms with Gasteiger partial charge in [-0.1, -0.05) is 29.3 Å². The van der Waals surface area contributed by atoms with Crippen LogP contribution in [-0.2, 0) is 0 Å². The van der Waals surface area contributed by atoms with E-state index in [1.165, 1.54) is 18.0 Å². The first kappa shape index (κ1) is 15.3. The van der Waals surface area contributed by atoms with Crippen molar-refractivity contribution in [3.05, 3.63) is 53.1 Å². The monoisotopic (exact) mass is 305 g/mol.